The molecule has 2 atom stereocenters. The summed E-state index contributed by atoms with van der Waals surface area (Å²) in [5.74, 6) is 0.344. The number of rotatable bonds is 7. The fourth-order valence-corrected chi connectivity index (χ4v) is 4.50. The Kier molecular flexibility index (Phi) is 5.80. The van der Waals surface area contributed by atoms with Crippen molar-refractivity contribution >= 4 is 5.91 Å². The summed E-state index contributed by atoms with van der Waals surface area (Å²) in [6.07, 6.45) is 3.18. The van der Waals surface area contributed by atoms with Crippen LogP contribution in [-0.4, -0.2) is 49.8 Å². The van der Waals surface area contributed by atoms with Crippen molar-refractivity contribution < 1.29 is 22.7 Å². The van der Waals surface area contributed by atoms with Crippen LogP contribution < -0.4 is 10.1 Å². The molecule has 1 aromatic rings. The zero-order chi connectivity index (χ0) is 19.7. The zero-order valence-electron chi connectivity index (χ0n) is 15.9. The number of likely N-dealkylation sites (tertiary alicyclic amines) is 1. The van der Waals surface area contributed by atoms with E-state index in [0.717, 1.165) is 43.5 Å². The van der Waals surface area contributed by atoms with E-state index in [1.54, 1.807) is 0 Å². The van der Waals surface area contributed by atoms with E-state index in [0.29, 0.717) is 12.5 Å². The quantitative estimate of drug-likeness (QED) is 0.770. The van der Waals surface area contributed by atoms with Crippen molar-refractivity contribution in [3.8, 4) is 5.75 Å². The number of carbonyl (C=O) groups excluding carboxylic acids is 1. The molecule has 28 heavy (non-hydrogen) atoms. The van der Waals surface area contributed by atoms with Crippen molar-refractivity contribution in [3.63, 3.8) is 0 Å². The monoisotopic (exact) mass is 396 g/mol. The van der Waals surface area contributed by atoms with Gasteiger partial charge >= 0.3 is 0 Å². The maximum Gasteiger partial charge on any atom is 0.227 e. The fraction of sp³-hybridized carbons (Fsp3) is 0.667. The number of carbonyl (C=O) groups is 1. The van der Waals surface area contributed by atoms with Crippen LogP contribution in [0.4, 0.5) is 13.2 Å². The van der Waals surface area contributed by atoms with Gasteiger partial charge in [0.05, 0.1) is 26.1 Å². The van der Waals surface area contributed by atoms with Crippen molar-refractivity contribution in [2.45, 2.75) is 38.3 Å². The smallest absolute Gasteiger partial charge is 0.227 e. The average molecular weight is 396 g/mol. The highest BCUT2D eigenvalue weighted by atomic mass is 19.1. The fourth-order valence-electron chi connectivity index (χ4n) is 4.50. The highest BCUT2D eigenvalue weighted by Crippen LogP contribution is 2.49. The number of nitrogens with zero attached hydrogens (tertiary/aromatic N) is 1. The highest BCUT2D eigenvalue weighted by molar-refractivity contribution is 5.79. The molecule has 0 spiro atoms. The number of hydrogen-bond acceptors (Lipinski definition) is 3. The van der Waals surface area contributed by atoms with Gasteiger partial charge in [0, 0.05) is 17.7 Å². The summed E-state index contributed by atoms with van der Waals surface area (Å²) >= 11 is 0. The Bertz CT molecular complexity index is 695. The van der Waals surface area contributed by atoms with Gasteiger partial charge in [-0.25, -0.2) is 13.2 Å². The molecule has 1 saturated carbocycles. The molecule has 4 nitrogen and oxygen atoms in total. The molecular formula is C21H27F3N2O2. The van der Waals surface area contributed by atoms with Gasteiger partial charge in [0.1, 0.15) is 23.6 Å². The lowest BCUT2D eigenvalue weighted by atomic mass is 9.91. The number of halogens is 3. The van der Waals surface area contributed by atoms with Gasteiger partial charge in [0.15, 0.2) is 0 Å². The minimum absolute atomic E-state index is 0.00277. The summed E-state index contributed by atoms with van der Waals surface area (Å²) in [5.41, 5.74) is -0.284. The van der Waals surface area contributed by atoms with Gasteiger partial charge in [-0.3, -0.25) is 4.79 Å². The topological polar surface area (TPSA) is 41.6 Å². The van der Waals surface area contributed by atoms with Crippen molar-refractivity contribution in [1.29, 1.82) is 0 Å². The molecular weight excluding hydrogens is 369 g/mol. The van der Waals surface area contributed by atoms with Crippen LogP contribution in [0.5, 0.6) is 5.75 Å². The Labute approximate surface area is 163 Å². The maximum atomic E-state index is 14.3. The second-order valence-corrected chi connectivity index (χ2v) is 8.32. The molecule has 2 heterocycles. The molecule has 2 saturated heterocycles. The van der Waals surface area contributed by atoms with E-state index in [4.69, 9.17) is 4.74 Å². The van der Waals surface area contributed by atoms with Gasteiger partial charge in [-0.15, -0.1) is 0 Å². The lowest BCUT2D eigenvalue weighted by molar-refractivity contribution is -0.137. The Balaban J connectivity index is 1.25. The minimum Gasteiger partial charge on any atom is -0.493 e. The van der Waals surface area contributed by atoms with E-state index in [-0.39, 0.29) is 24.4 Å². The second-order valence-electron chi connectivity index (χ2n) is 8.32. The predicted octanol–water partition coefficient (Wildman–Crippen LogP) is 3.09. The number of piperidine rings is 1. The second kappa shape index (κ2) is 8.31. The van der Waals surface area contributed by atoms with Gasteiger partial charge in [0.25, 0.3) is 0 Å². The molecule has 3 aliphatic rings. The van der Waals surface area contributed by atoms with Gasteiger partial charge < -0.3 is 15.0 Å². The zero-order valence-corrected chi connectivity index (χ0v) is 15.9. The number of nitrogens with one attached hydrogen (secondary N) is 1. The number of amides is 1. The lowest BCUT2D eigenvalue weighted by Crippen LogP contribution is -2.52. The maximum absolute atomic E-state index is 14.3. The summed E-state index contributed by atoms with van der Waals surface area (Å²) in [6, 6.07) is 2.27. The molecule has 0 radical (unpaired) electrons. The summed E-state index contributed by atoms with van der Waals surface area (Å²) in [7, 11) is 0. The van der Waals surface area contributed by atoms with E-state index < -0.39 is 30.1 Å². The third kappa shape index (κ3) is 4.45. The predicted molar refractivity (Wildman–Crippen MR) is 98.8 cm³/mol. The van der Waals surface area contributed by atoms with Crippen LogP contribution >= 0.6 is 0 Å². The van der Waals surface area contributed by atoms with E-state index in [9.17, 15) is 18.0 Å². The van der Waals surface area contributed by atoms with Crippen molar-refractivity contribution in [2.24, 2.45) is 17.8 Å². The molecule has 1 N–H and O–H groups in total. The third-order valence-electron chi connectivity index (χ3n) is 6.36. The average Bonchev–Trinajstić information content (AvgIpc) is 3.42. The van der Waals surface area contributed by atoms with Crippen LogP contribution in [0.15, 0.2) is 12.1 Å². The molecule has 2 unspecified atom stereocenters. The minimum atomic E-state index is -1.03. The van der Waals surface area contributed by atoms with Crippen LogP contribution in [0, 0.1) is 29.4 Å². The molecule has 154 valence electrons. The lowest BCUT2D eigenvalue weighted by Gasteiger charge is -2.34. The van der Waals surface area contributed by atoms with E-state index in [2.05, 4.69) is 5.32 Å². The van der Waals surface area contributed by atoms with Crippen molar-refractivity contribution in [3.05, 3.63) is 29.3 Å². The Morgan fingerprint density at radius 1 is 1.18 bits per heavy atom. The van der Waals surface area contributed by atoms with E-state index in [1.165, 1.54) is 24.2 Å². The van der Waals surface area contributed by atoms with Crippen molar-refractivity contribution in [1.82, 2.24) is 10.2 Å². The molecule has 0 bridgehead atoms. The molecule has 3 fully saturated rings. The molecule has 7 heteroatoms. The molecule has 4 rings (SSSR count). The summed E-state index contributed by atoms with van der Waals surface area (Å²) in [6.45, 7) is 2.65. The van der Waals surface area contributed by atoms with Gasteiger partial charge in [-0.2, -0.15) is 0 Å². The molecule has 1 aromatic carbocycles. The first-order valence-electron chi connectivity index (χ1n) is 10.2. The summed E-state index contributed by atoms with van der Waals surface area (Å²) in [5, 5.41) is 3.38. The summed E-state index contributed by atoms with van der Waals surface area (Å²) in [4.78, 5) is 13.2. The summed E-state index contributed by atoms with van der Waals surface area (Å²) < 4.78 is 46.9. The molecule has 0 aromatic heterocycles. The standard InChI is InChI=1S/C21H27F3N2O2/c22-15-11-26(12-15)21(27)10-18-19(23)8-16(9-20(18)24)28-6-3-14-7-17(14)13-1-4-25-5-2-13/h8-9,13-15,17,25H,1-7,10-12H2. The number of hydrogen-bond donors (Lipinski definition) is 1. The first kappa shape index (κ1) is 19.6. The normalized spacial score (nSPS) is 25.5. The Morgan fingerprint density at radius 3 is 2.50 bits per heavy atom. The first-order chi connectivity index (χ1) is 13.5. The Morgan fingerprint density at radius 2 is 1.86 bits per heavy atom. The van der Waals surface area contributed by atoms with Crippen LogP contribution in [0.25, 0.3) is 0 Å². The van der Waals surface area contributed by atoms with Crippen LogP contribution in [-0.2, 0) is 11.2 Å². The molecule has 2 aliphatic heterocycles. The van der Waals surface area contributed by atoms with E-state index in [1.807, 2.05) is 0 Å². The van der Waals surface area contributed by atoms with Crippen LogP contribution in [0.2, 0.25) is 0 Å². The number of ether oxygens (including phenoxy) is 1. The SMILES string of the molecule is O=C(Cc1c(F)cc(OCCC2CC2C2CCNCC2)cc1F)N1CC(F)C1. The van der Waals surface area contributed by atoms with Crippen molar-refractivity contribution in [2.75, 3.05) is 32.8 Å². The number of alkyl halides is 1. The van der Waals surface area contributed by atoms with Gasteiger partial charge in [-0.05, 0) is 56.5 Å². The molecule has 1 amide bonds. The molecule has 1 aliphatic carbocycles. The first-order valence-corrected chi connectivity index (χ1v) is 10.2. The van der Waals surface area contributed by atoms with Crippen LogP contribution in [0.1, 0.15) is 31.2 Å². The Hall–Kier alpha value is -1.76. The highest BCUT2D eigenvalue weighted by Gasteiger charge is 2.42. The third-order valence-corrected chi connectivity index (χ3v) is 6.36. The van der Waals surface area contributed by atoms with Crippen LogP contribution in [0.3, 0.4) is 0 Å². The van der Waals surface area contributed by atoms with E-state index >= 15 is 0 Å². The number of benzene rings is 1. The van der Waals surface area contributed by atoms with Gasteiger partial charge in [-0.1, -0.05) is 0 Å². The largest absolute Gasteiger partial charge is 0.493 e. The van der Waals surface area contributed by atoms with Gasteiger partial charge in [0.2, 0.25) is 5.91 Å².